The molecule has 0 saturated carbocycles. The van der Waals surface area contributed by atoms with Gasteiger partial charge in [-0.1, -0.05) is 66.0 Å². The number of halogens is 3. The molecule has 0 saturated heterocycles. The average molecular weight is 399 g/mol. The van der Waals surface area contributed by atoms with E-state index in [9.17, 15) is 0 Å². The molecule has 1 aliphatic carbocycles. The average Bonchev–Trinajstić information content (AvgIpc) is 2.16. The van der Waals surface area contributed by atoms with Gasteiger partial charge in [-0.2, -0.15) is 0 Å². The Hall–Kier alpha value is 0.660. The molecule has 0 nitrogen and oxygen atoms in total. The summed E-state index contributed by atoms with van der Waals surface area (Å²) in [5, 5.41) is 0. The zero-order chi connectivity index (χ0) is 11.1. The summed E-state index contributed by atoms with van der Waals surface area (Å²) in [6.45, 7) is 0. The first-order valence-corrected chi connectivity index (χ1v) is 7.60. The topological polar surface area (TPSA) is 0 Å². The summed E-state index contributed by atoms with van der Waals surface area (Å²) >= 11 is 10.8. The van der Waals surface area contributed by atoms with E-state index in [4.69, 9.17) is 0 Å². The smallest absolute Gasteiger partial charge is 0.00860 e. The zero-order valence-corrected chi connectivity index (χ0v) is 13.4. The van der Waals surface area contributed by atoms with Crippen LogP contribution < -0.4 is 0 Å². The van der Waals surface area contributed by atoms with Crippen LogP contribution in [0.3, 0.4) is 0 Å². The van der Waals surface area contributed by atoms with Gasteiger partial charge < -0.3 is 0 Å². The lowest BCUT2D eigenvalue weighted by Gasteiger charge is -2.02. The Kier molecular flexibility index (Phi) is 7.19. The van der Waals surface area contributed by atoms with E-state index in [-0.39, 0.29) is 0 Å². The summed E-state index contributed by atoms with van der Waals surface area (Å²) in [6, 6.07) is 0. The lowest BCUT2D eigenvalue weighted by atomic mass is 10.1. The maximum Gasteiger partial charge on any atom is -0.00860 e. The van der Waals surface area contributed by atoms with Crippen LogP contribution in [-0.4, -0.2) is 0 Å². The molecule has 15 heavy (non-hydrogen) atoms. The highest BCUT2D eigenvalue weighted by atomic mass is 79.9. The van der Waals surface area contributed by atoms with Crippen LogP contribution in [0.1, 0.15) is 38.5 Å². The molecule has 0 aromatic rings. The predicted molar refractivity (Wildman–Crippen MR) is 78.7 cm³/mol. The molecule has 0 bridgehead atoms. The maximum atomic E-state index is 3.60. The Balaban J connectivity index is 2.62. The van der Waals surface area contributed by atoms with Crippen LogP contribution in [0.5, 0.6) is 0 Å². The normalized spacial score (nSPS) is 31.0. The van der Waals surface area contributed by atoms with Crippen LogP contribution in [0.25, 0.3) is 0 Å². The third-order valence-corrected chi connectivity index (χ3v) is 4.41. The second-order valence-corrected chi connectivity index (χ2v) is 6.62. The monoisotopic (exact) mass is 396 g/mol. The van der Waals surface area contributed by atoms with E-state index < -0.39 is 0 Å². The number of hydrogen-bond donors (Lipinski definition) is 0. The molecule has 0 aliphatic heterocycles. The van der Waals surface area contributed by atoms with E-state index in [0.717, 1.165) is 38.5 Å². The van der Waals surface area contributed by atoms with Crippen molar-refractivity contribution in [2.45, 2.75) is 38.5 Å². The van der Waals surface area contributed by atoms with Crippen molar-refractivity contribution in [1.82, 2.24) is 0 Å². The second kappa shape index (κ2) is 7.86. The number of rotatable bonds is 0. The highest BCUT2D eigenvalue weighted by Crippen LogP contribution is 2.23. The van der Waals surface area contributed by atoms with Crippen molar-refractivity contribution in [1.29, 1.82) is 0 Å². The summed E-state index contributed by atoms with van der Waals surface area (Å²) in [6.07, 6.45) is 13.5. The van der Waals surface area contributed by atoms with Crippen molar-refractivity contribution in [2.24, 2.45) is 0 Å². The molecule has 3 heteroatoms. The largest absolute Gasteiger partial charge is 0.0740 e. The first-order chi connectivity index (χ1) is 7.18. The van der Waals surface area contributed by atoms with Crippen molar-refractivity contribution < 1.29 is 0 Å². The van der Waals surface area contributed by atoms with Gasteiger partial charge in [-0.15, -0.1) is 0 Å². The summed E-state index contributed by atoms with van der Waals surface area (Å²) < 4.78 is 3.96. The fraction of sp³-hybridized carbons (Fsp3) is 0.500. The van der Waals surface area contributed by atoms with Gasteiger partial charge in [0.15, 0.2) is 0 Å². The molecule has 0 aromatic carbocycles. The number of hydrogen-bond acceptors (Lipinski definition) is 0. The summed E-state index contributed by atoms with van der Waals surface area (Å²) in [4.78, 5) is 0. The molecule has 0 radical (unpaired) electrons. The van der Waals surface area contributed by atoms with Gasteiger partial charge in [0.2, 0.25) is 0 Å². The Morgan fingerprint density at radius 2 is 0.867 bits per heavy atom. The van der Waals surface area contributed by atoms with Crippen LogP contribution in [0.2, 0.25) is 0 Å². The molecule has 0 N–H and O–H groups in total. The Morgan fingerprint density at radius 1 is 0.600 bits per heavy atom. The lowest BCUT2D eigenvalue weighted by Crippen LogP contribution is -1.81. The molecular formula is C12H15Br3. The number of allylic oxidation sites excluding steroid dienone is 6. The van der Waals surface area contributed by atoms with Crippen molar-refractivity contribution in [3.63, 3.8) is 0 Å². The van der Waals surface area contributed by atoms with Crippen LogP contribution in [0, 0.1) is 0 Å². The fourth-order valence-corrected chi connectivity index (χ4v) is 2.78. The van der Waals surface area contributed by atoms with Crippen molar-refractivity contribution in [3.8, 4) is 0 Å². The molecule has 0 heterocycles. The van der Waals surface area contributed by atoms with Crippen molar-refractivity contribution in [3.05, 3.63) is 31.7 Å². The van der Waals surface area contributed by atoms with E-state index in [1.807, 2.05) is 0 Å². The summed E-state index contributed by atoms with van der Waals surface area (Å²) in [7, 11) is 0. The fourth-order valence-electron chi connectivity index (χ4n) is 1.41. The zero-order valence-electron chi connectivity index (χ0n) is 8.61. The van der Waals surface area contributed by atoms with E-state index in [1.54, 1.807) is 0 Å². The van der Waals surface area contributed by atoms with E-state index in [2.05, 4.69) is 66.0 Å². The first kappa shape index (κ1) is 13.7. The van der Waals surface area contributed by atoms with Gasteiger partial charge in [0.05, 0.1) is 0 Å². The van der Waals surface area contributed by atoms with Gasteiger partial charge >= 0.3 is 0 Å². The van der Waals surface area contributed by atoms with Crippen LogP contribution >= 0.6 is 47.8 Å². The molecule has 1 aliphatic rings. The minimum Gasteiger partial charge on any atom is -0.0740 e. The Bertz CT molecular complexity index is 240. The third kappa shape index (κ3) is 6.75. The standard InChI is InChI=1S/C12H15Br3/c13-10-4-1-5-11(14)7-3-9-12(15)8-2-6-10/h4,7-8H,1-3,5-6,9H2/b10-4-,11-7-,12-8+. The molecule has 0 spiro atoms. The van der Waals surface area contributed by atoms with Gasteiger partial charge in [0, 0.05) is 0 Å². The lowest BCUT2D eigenvalue weighted by molar-refractivity contribution is 0.947. The molecular weight excluding hydrogens is 384 g/mol. The minimum absolute atomic E-state index is 1.11. The van der Waals surface area contributed by atoms with Crippen molar-refractivity contribution in [2.75, 3.05) is 0 Å². The predicted octanol–water partition coefficient (Wildman–Crippen LogP) is 6.18. The van der Waals surface area contributed by atoms with E-state index in [1.165, 1.54) is 13.4 Å². The highest BCUT2D eigenvalue weighted by Gasteiger charge is 1.97. The van der Waals surface area contributed by atoms with Gasteiger partial charge in [-0.25, -0.2) is 0 Å². The molecule has 84 valence electrons. The molecule has 0 unspecified atom stereocenters. The van der Waals surface area contributed by atoms with E-state index >= 15 is 0 Å². The SMILES string of the molecule is Br/C1=C\CC/C(Br)=C\CC/C(Br)=C/CC1. The molecule has 0 fully saturated rings. The maximum absolute atomic E-state index is 3.60. The Morgan fingerprint density at radius 3 is 1.13 bits per heavy atom. The van der Waals surface area contributed by atoms with Crippen LogP contribution in [0.4, 0.5) is 0 Å². The van der Waals surface area contributed by atoms with E-state index in [0.29, 0.717) is 0 Å². The molecule has 0 amide bonds. The first-order valence-electron chi connectivity index (χ1n) is 5.22. The van der Waals surface area contributed by atoms with Gasteiger partial charge in [0.25, 0.3) is 0 Å². The van der Waals surface area contributed by atoms with Gasteiger partial charge in [-0.05, 0) is 52.0 Å². The van der Waals surface area contributed by atoms with Crippen LogP contribution in [-0.2, 0) is 0 Å². The molecule has 1 rings (SSSR count). The summed E-state index contributed by atoms with van der Waals surface area (Å²) in [5.74, 6) is 0. The van der Waals surface area contributed by atoms with Crippen molar-refractivity contribution >= 4 is 47.8 Å². The molecule has 0 atom stereocenters. The third-order valence-electron chi connectivity index (χ3n) is 2.25. The Labute approximate surface area is 117 Å². The molecule has 0 aromatic heterocycles. The highest BCUT2D eigenvalue weighted by molar-refractivity contribution is 9.12. The summed E-state index contributed by atoms with van der Waals surface area (Å²) in [5.41, 5.74) is 0. The minimum atomic E-state index is 1.11. The quantitative estimate of drug-likeness (QED) is 0.457. The van der Waals surface area contributed by atoms with Gasteiger partial charge in [-0.3, -0.25) is 0 Å². The van der Waals surface area contributed by atoms with Gasteiger partial charge in [0.1, 0.15) is 0 Å². The second-order valence-electron chi connectivity index (χ2n) is 3.57. The van der Waals surface area contributed by atoms with Crippen LogP contribution in [0.15, 0.2) is 31.7 Å².